The largest absolute Gasteiger partial charge is 0.346 e. The van der Waals surface area contributed by atoms with Crippen molar-refractivity contribution in [3.63, 3.8) is 0 Å². The average molecular weight is 281 g/mol. The fraction of sp³-hybridized carbons (Fsp3) is 0.385. The fourth-order valence-electron chi connectivity index (χ4n) is 2.09. The Morgan fingerprint density at radius 3 is 2.81 bits per heavy atom. The van der Waals surface area contributed by atoms with E-state index < -0.39 is 0 Å². The zero-order valence-electron chi connectivity index (χ0n) is 9.97. The Hall–Kier alpha value is -0.800. The van der Waals surface area contributed by atoms with E-state index in [9.17, 15) is 0 Å². The predicted molar refractivity (Wildman–Crippen MR) is 73.0 cm³/mol. The minimum absolute atomic E-state index is 1.00. The number of aromatic nitrogens is 1. The van der Waals surface area contributed by atoms with Gasteiger partial charge in [-0.25, -0.2) is 0 Å². The van der Waals surface area contributed by atoms with E-state index in [1.54, 1.807) is 0 Å². The monoisotopic (exact) mass is 280 g/mol. The molecule has 1 heterocycles. The van der Waals surface area contributed by atoms with Crippen molar-refractivity contribution in [2.24, 2.45) is 7.05 Å². The first-order chi connectivity index (χ1) is 7.65. The van der Waals surface area contributed by atoms with E-state index in [-0.39, 0.29) is 0 Å². The van der Waals surface area contributed by atoms with Gasteiger partial charge in [-0.15, -0.1) is 0 Å². The van der Waals surface area contributed by atoms with Crippen LogP contribution in [0.1, 0.15) is 11.3 Å². The second kappa shape index (κ2) is 4.60. The van der Waals surface area contributed by atoms with Crippen molar-refractivity contribution in [1.29, 1.82) is 0 Å². The molecule has 3 heteroatoms. The number of benzene rings is 1. The number of hydrogen-bond acceptors (Lipinski definition) is 1. The predicted octanol–water partition coefficient (Wildman–Crippen LogP) is 3.01. The topological polar surface area (TPSA) is 17.0 Å². The molecule has 2 nitrogen and oxygen atoms in total. The summed E-state index contributed by atoms with van der Waals surface area (Å²) in [5.74, 6) is 0. The molecule has 0 aliphatic carbocycles. The quantitative estimate of drug-likeness (QED) is 0.915. The van der Waals surface area contributed by atoms with E-state index in [1.807, 2.05) is 7.05 Å². The third-order valence-electron chi connectivity index (χ3n) is 3.02. The smallest absolute Gasteiger partial charge is 0.0491 e. The van der Waals surface area contributed by atoms with Gasteiger partial charge < -0.3 is 9.88 Å². The van der Waals surface area contributed by atoms with Crippen LogP contribution in [0.3, 0.4) is 0 Å². The molecular weight excluding hydrogens is 264 g/mol. The number of likely N-dealkylation sites (N-methyl/N-ethyl adjacent to an activating group) is 1. The first-order valence-corrected chi connectivity index (χ1v) is 6.32. The van der Waals surface area contributed by atoms with Crippen molar-refractivity contribution < 1.29 is 0 Å². The second-order valence-corrected chi connectivity index (χ2v) is 4.99. The SMILES string of the molecule is CNCCc1c(Br)c2cc(C)ccc2n1C. The van der Waals surface area contributed by atoms with Gasteiger partial charge in [0.05, 0.1) is 0 Å². The van der Waals surface area contributed by atoms with Gasteiger partial charge >= 0.3 is 0 Å². The lowest BCUT2D eigenvalue weighted by molar-refractivity contribution is 0.743. The summed E-state index contributed by atoms with van der Waals surface area (Å²) in [4.78, 5) is 0. The van der Waals surface area contributed by atoms with Crippen LogP contribution < -0.4 is 5.32 Å². The van der Waals surface area contributed by atoms with E-state index >= 15 is 0 Å². The van der Waals surface area contributed by atoms with Gasteiger partial charge in [-0.3, -0.25) is 0 Å². The van der Waals surface area contributed by atoms with Crippen LogP contribution in [0.4, 0.5) is 0 Å². The van der Waals surface area contributed by atoms with E-state index in [0.29, 0.717) is 0 Å². The van der Waals surface area contributed by atoms with Gasteiger partial charge in [0.25, 0.3) is 0 Å². The zero-order chi connectivity index (χ0) is 11.7. The van der Waals surface area contributed by atoms with Crippen molar-refractivity contribution in [3.05, 3.63) is 33.9 Å². The number of nitrogens with one attached hydrogen (secondary N) is 1. The lowest BCUT2D eigenvalue weighted by Gasteiger charge is -2.04. The van der Waals surface area contributed by atoms with Crippen LogP contribution >= 0.6 is 15.9 Å². The molecule has 1 aromatic heterocycles. The van der Waals surface area contributed by atoms with Crippen LogP contribution in [0.25, 0.3) is 10.9 Å². The number of fused-ring (bicyclic) bond motifs is 1. The average Bonchev–Trinajstić information content (AvgIpc) is 2.50. The number of aryl methyl sites for hydroxylation is 2. The highest BCUT2D eigenvalue weighted by molar-refractivity contribution is 9.10. The van der Waals surface area contributed by atoms with E-state index in [4.69, 9.17) is 0 Å². The maximum atomic E-state index is 3.72. The maximum Gasteiger partial charge on any atom is 0.0491 e. The normalized spacial score (nSPS) is 11.2. The molecule has 0 aliphatic rings. The molecule has 0 fully saturated rings. The van der Waals surface area contributed by atoms with Crippen molar-refractivity contribution in [2.45, 2.75) is 13.3 Å². The van der Waals surface area contributed by atoms with Crippen LogP contribution in [0.15, 0.2) is 22.7 Å². The summed E-state index contributed by atoms with van der Waals surface area (Å²) in [5, 5.41) is 4.51. The van der Waals surface area contributed by atoms with Crippen molar-refractivity contribution in [1.82, 2.24) is 9.88 Å². The van der Waals surface area contributed by atoms with Crippen LogP contribution in [-0.2, 0) is 13.5 Å². The van der Waals surface area contributed by atoms with Gasteiger partial charge in [0, 0.05) is 41.1 Å². The molecule has 16 heavy (non-hydrogen) atoms. The van der Waals surface area contributed by atoms with E-state index in [0.717, 1.165) is 13.0 Å². The molecule has 0 unspecified atom stereocenters. The molecule has 0 saturated carbocycles. The molecule has 0 amide bonds. The highest BCUT2D eigenvalue weighted by Gasteiger charge is 2.12. The highest BCUT2D eigenvalue weighted by atomic mass is 79.9. The second-order valence-electron chi connectivity index (χ2n) is 4.19. The molecule has 1 N–H and O–H groups in total. The van der Waals surface area contributed by atoms with Gasteiger partial charge in [0.1, 0.15) is 0 Å². The third-order valence-corrected chi connectivity index (χ3v) is 3.90. The lowest BCUT2D eigenvalue weighted by Crippen LogP contribution is -2.12. The molecular formula is C13H17BrN2. The third kappa shape index (κ3) is 1.89. The lowest BCUT2D eigenvalue weighted by atomic mass is 10.2. The van der Waals surface area contributed by atoms with Gasteiger partial charge in [0.2, 0.25) is 0 Å². The Morgan fingerprint density at radius 1 is 1.38 bits per heavy atom. The Labute approximate surface area is 105 Å². The van der Waals surface area contributed by atoms with Crippen LogP contribution in [0, 0.1) is 6.92 Å². The Bertz CT molecular complexity index is 514. The van der Waals surface area contributed by atoms with Gasteiger partial charge in [-0.2, -0.15) is 0 Å². The molecule has 0 radical (unpaired) electrons. The molecule has 2 aromatic rings. The van der Waals surface area contributed by atoms with Crippen LogP contribution in [0.5, 0.6) is 0 Å². The number of nitrogens with zero attached hydrogens (tertiary/aromatic N) is 1. The molecule has 0 aliphatic heterocycles. The fourth-order valence-corrected chi connectivity index (χ4v) is 2.87. The van der Waals surface area contributed by atoms with E-state index in [1.165, 1.54) is 26.6 Å². The molecule has 2 rings (SSSR count). The Kier molecular flexibility index (Phi) is 3.36. The molecule has 0 atom stereocenters. The summed E-state index contributed by atoms with van der Waals surface area (Å²) in [6, 6.07) is 6.59. The van der Waals surface area contributed by atoms with Crippen LogP contribution in [-0.4, -0.2) is 18.2 Å². The summed E-state index contributed by atoms with van der Waals surface area (Å²) >= 11 is 3.72. The highest BCUT2D eigenvalue weighted by Crippen LogP contribution is 2.31. The molecule has 86 valence electrons. The van der Waals surface area contributed by atoms with E-state index in [2.05, 4.69) is 58.0 Å². The van der Waals surface area contributed by atoms with Crippen molar-refractivity contribution >= 4 is 26.8 Å². The molecule has 0 bridgehead atoms. The number of hydrogen-bond donors (Lipinski definition) is 1. The summed E-state index contributed by atoms with van der Waals surface area (Å²) in [5.41, 5.74) is 3.96. The number of halogens is 1. The summed E-state index contributed by atoms with van der Waals surface area (Å²) in [6.45, 7) is 3.13. The number of rotatable bonds is 3. The van der Waals surface area contributed by atoms with Gasteiger partial charge in [-0.05, 0) is 42.0 Å². The minimum Gasteiger partial charge on any atom is -0.346 e. The van der Waals surface area contributed by atoms with Gasteiger partial charge in [0.15, 0.2) is 0 Å². The first kappa shape index (κ1) is 11.7. The van der Waals surface area contributed by atoms with Crippen molar-refractivity contribution in [3.8, 4) is 0 Å². The van der Waals surface area contributed by atoms with Crippen LogP contribution in [0.2, 0.25) is 0 Å². The Balaban J connectivity index is 2.57. The van der Waals surface area contributed by atoms with Gasteiger partial charge in [-0.1, -0.05) is 11.6 Å². The standard InChI is InChI=1S/C13H17BrN2/c1-9-4-5-11-10(8-9)13(14)12(16(11)3)6-7-15-2/h4-5,8,15H,6-7H2,1-3H3. The first-order valence-electron chi connectivity index (χ1n) is 5.53. The summed E-state index contributed by atoms with van der Waals surface area (Å²) < 4.78 is 3.51. The maximum absolute atomic E-state index is 3.72. The zero-order valence-corrected chi connectivity index (χ0v) is 11.6. The van der Waals surface area contributed by atoms with Crippen molar-refractivity contribution in [2.75, 3.05) is 13.6 Å². The summed E-state index contributed by atoms with van der Waals surface area (Å²) in [6.07, 6.45) is 1.04. The summed E-state index contributed by atoms with van der Waals surface area (Å²) in [7, 11) is 4.12. The molecule has 0 spiro atoms. The minimum atomic E-state index is 1.00. The Morgan fingerprint density at radius 2 is 2.12 bits per heavy atom. The molecule has 1 aromatic carbocycles. The molecule has 0 saturated heterocycles.